The molecule has 0 atom stereocenters. The first-order chi connectivity index (χ1) is 23.8. The van der Waals surface area contributed by atoms with Crippen molar-refractivity contribution in [3.63, 3.8) is 0 Å². The molecule has 48 heavy (non-hydrogen) atoms. The standard InChI is InChI=1S/C45H83S3/c1-5-9-12-15-18-21-24-27-30-33-37-46-43-40-42(36-8-4)41-44(47-38-34-31-28-25-22-19-16-13-10-6-2)45(43)48-39-35-32-29-26-23-20-17-14-11-7-3/h40-41H,4-39H2,1-3H3. The molecule has 0 fully saturated rings. The maximum absolute atomic E-state index is 4.22. The fraction of sp³-hybridized carbons (Fsp3) is 0.844. The Hall–Kier alpha value is 0.270. The van der Waals surface area contributed by atoms with Crippen LogP contribution >= 0.6 is 35.3 Å². The summed E-state index contributed by atoms with van der Waals surface area (Å²) in [4.78, 5) is 4.78. The minimum absolute atomic E-state index is 0.996. The van der Waals surface area contributed by atoms with Crippen molar-refractivity contribution in [1.82, 2.24) is 0 Å². The van der Waals surface area contributed by atoms with Gasteiger partial charge in [0, 0.05) is 14.7 Å². The Balaban J connectivity index is 2.59. The van der Waals surface area contributed by atoms with Gasteiger partial charge in [-0.3, -0.25) is 0 Å². The average Bonchev–Trinajstić information content (AvgIpc) is 3.09. The Morgan fingerprint density at radius 1 is 0.375 bits per heavy atom. The first-order valence-corrected chi connectivity index (χ1v) is 24.6. The van der Waals surface area contributed by atoms with Gasteiger partial charge in [-0.25, -0.2) is 0 Å². The third-order valence-corrected chi connectivity index (χ3v) is 13.5. The van der Waals surface area contributed by atoms with Crippen LogP contribution in [0.2, 0.25) is 0 Å². The normalized spacial score (nSPS) is 11.6. The fourth-order valence-electron chi connectivity index (χ4n) is 6.64. The van der Waals surface area contributed by atoms with Crippen molar-refractivity contribution in [1.29, 1.82) is 0 Å². The minimum Gasteiger partial charge on any atom is -0.125 e. The summed E-state index contributed by atoms with van der Waals surface area (Å²) in [5.74, 6) is 3.83. The Kier molecular flexibility index (Phi) is 35.7. The summed E-state index contributed by atoms with van der Waals surface area (Å²) in [6.07, 6.45) is 44.7. The number of benzene rings is 1. The summed E-state index contributed by atoms with van der Waals surface area (Å²) in [6, 6.07) is 5.11. The molecule has 0 aliphatic heterocycles. The fourth-order valence-corrected chi connectivity index (χ4v) is 10.5. The van der Waals surface area contributed by atoms with Crippen molar-refractivity contribution in [2.75, 3.05) is 17.3 Å². The van der Waals surface area contributed by atoms with Gasteiger partial charge in [0.2, 0.25) is 0 Å². The molecule has 0 heterocycles. The number of thioether (sulfide) groups is 3. The molecule has 3 heteroatoms. The van der Waals surface area contributed by atoms with Gasteiger partial charge in [-0.15, -0.1) is 35.3 Å². The van der Waals surface area contributed by atoms with Gasteiger partial charge in [-0.1, -0.05) is 201 Å². The number of rotatable bonds is 38. The van der Waals surface area contributed by atoms with E-state index < -0.39 is 0 Å². The van der Waals surface area contributed by atoms with Crippen LogP contribution < -0.4 is 0 Å². The summed E-state index contributed by atoms with van der Waals surface area (Å²) in [7, 11) is 0. The number of hydrogen-bond acceptors (Lipinski definition) is 3. The quantitative estimate of drug-likeness (QED) is 0.0493. The van der Waals surface area contributed by atoms with Gasteiger partial charge in [0.1, 0.15) is 0 Å². The highest BCUT2D eigenvalue weighted by Gasteiger charge is 2.13. The van der Waals surface area contributed by atoms with Crippen LogP contribution in [0.1, 0.15) is 225 Å². The smallest absolute Gasteiger partial charge is 0.0344 e. The second-order valence-corrected chi connectivity index (χ2v) is 18.0. The van der Waals surface area contributed by atoms with E-state index in [0.29, 0.717) is 0 Å². The molecule has 0 spiro atoms. The van der Waals surface area contributed by atoms with Crippen molar-refractivity contribution < 1.29 is 0 Å². The van der Waals surface area contributed by atoms with Gasteiger partial charge >= 0.3 is 0 Å². The zero-order valence-electron chi connectivity index (χ0n) is 32.8. The van der Waals surface area contributed by atoms with E-state index >= 15 is 0 Å². The second kappa shape index (κ2) is 37.0. The van der Waals surface area contributed by atoms with Gasteiger partial charge in [0.15, 0.2) is 0 Å². The highest BCUT2D eigenvalue weighted by atomic mass is 32.2. The lowest BCUT2D eigenvalue weighted by atomic mass is 10.1. The molecule has 0 nitrogen and oxygen atoms in total. The molecule has 1 rings (SSSR count). The predicted molar refractivity (Wildman–Crippen MR) is 228 cm³/mol. The van der Waals surface area contributed by atoms with E-state index in [2.05, 4.69) is 75.1 Å². The molecule has 1 radical (unpaired) electrons. The third kappa shape index (κ3) is 27.9. The Morgan fingerprint density at radius 3 is 0.938 bits per heavy atom. The van der Waals surface area contributed by atoms with E-state index in [4.69, 9.17) is 0 Å². The van der Waals surface area contributed by atoms with E-state index in [1.54, 1.807) is 14.7 Å². The molecule has 281 valence electrons. The molecule has 0 bridgehead atoms. The highest BCUT2D eigenvalue weighted by Crippen LogP contribution is 2.41. The van der Waals surface area contributed by atoms with Crippen LogP contribution in [-0.4, -0.2) is 17.3 Å². The predicted octanol–water partition coefficient (Wildman–Crippen LogP) is 17.5. The highest BCUT2D eigenvalue weighted by molar-refractivity contribution is 8.03. The largest absolute Gasteiger partial charge is 0.125 e. The van der Waals surface area contributed by atoms with Crippen molar-refractivity contribution in [3.8, 4) is 0 Å². The molecule has 0 aliphatic rings. The summed E-state index contributed by atoms with van der Waals surface area (Å²) in [6.45, 7) is 11.2. The van der Waals surface area contributed by atoms with Crippen molar-refractivity contribution in [2.45, 2.75) is 241 Å². The lowest BCUT2D eigenvalue weighted by molar-refractivity contribution is 0.563. The van der Waals surface area contributed by atoms with Gasteiger partial charge in [-0.2, -0.15) is 0 Å². The Bertz CT molecular complexity index is 743. The topological polar surface area (TPSA) is 0 Å². The molecule has 0 aromatic heterocycles. The van der Waals surface area contributed by atoms with E-state index in [1.165, 1.54) is 215 Å². The van der Waals surface area contributed by atoms with Crippen LogP contribution in [0.4, 0.5) is 0 Å². The van der Waals surface area contributed by atoms with Crippen LogP contribution in [0.15, 0.2) is 26.8 Å². The van der Waals surface area contributed by atoms with Gasteiger partial charge in [0.25, 0.3) is 0 Å². The Labute approximate surface area is 316 Å². The molecule has 0 saturated carbocycles. The van der Waals surface area contributed by atoms with Crippen molar-refractivity contribution in [2.24, 2.45) is 0 Å². The van der Waals surface area contributed by atoms with Crippen LogP contribution in [0, 0.1) is 6.92 Å². The first-order valence-electron chi connectivity index (χ1n) is 21.6. The molecular weight excluding hydrogens is 637 g/mol. The van der Waals surface area contributed by atoms with Crippen LogP contribution in [0.3, 0.4) is 0 Å². The number of hydrogen-bond donors (Lipinski definition) is 0. The lowest BCUT2D eigenvalue weighted by Crippen LogP contribution is -1.94. The number of unbranched alkanes of at least 4 members (excludes halogenated alkanes) is 27. The number of aryl methyl sites for hydroxylation is 1. The second-order valence-electron chi connectivity index (χ2n) is 14.6. The zero-order valence-corrected chi connectivity index (χ0v) is 35.3. The van der Waals surface area contributed by atoms with Gasteiger partial charge in [-0.05, 0) is 67.1 Å². The summed E-state index contributed by atoms with van der Waals surface area (Å²) in [5.41, 5.74) is 1.52. The summed E-state index contributed by atoms with van der Waals surface area (Å²) >= 11 is 6.52. The molecule has 0 unspecified atom stereocenters. The third-order valence-electron chi connectivity index (χ3n) is 9.80. The van der Waals surface area contributed by atoms with E-state index in [9.17, 15) is 0 Å². The first kappa shape index (κ1) is 46.3. The van der Waals surface area contributed by atoms with Gasteiger partial charge in [0.05, 0.1) is 0 Å². The molecule has 0 saturated heterocycles. The van der Waals surface area contributed by atoms with Gasteiger partial charge < -0.3 is 0 Å². The van der Waals surface area contributed by atoms with E-state index in [1.807, 2.05) is 0 Å². The molecule has 0 amide bonds. The lowest BCUT2D eigenvalue weighted by Gasteiger charge is -2.17. The maximum atomic E-state index is 4.22. The summed E-state index contributed by atoms with van der Waals surface area (Å²) < 4.78 is 0. The monoisotopic (exact) mass is 720 g/mol. The van der Waals surface area contributed by atoms with Crippen molar-refractivity contribution in [3.05, 3.63) is 24.6 Å². The maximum Gasteiger partial charge on any atom is 0.0344 e. The molecular formula is C45H83S3. The van der Waals surface area contributed by atoms with Crippen LogP contribution in [-0.2, 0) is 6.42 Å². The zero-order chi connectivity index (χ0) is 34.6. The van der Waals surface area contributed by atoms with Crippen LogP contribution in [0.5, 0.6) is 0 Å². The minimum atomic E-state index is 0.996. The molecule has 1 aromatic carbocycles. The summed E-state index contributed by atoms with van der Waals surface area (Å²) in [5, 5.41) is 0. The average molecular weight is 720 g/mol. The Morgan fingerprint density at radius 2 is 0.646 bits per heavy atom. The van der Waals surface area contributed by atoms with Crippen molar-refractivity contribution >= 4 is 35.3 Å². The van der Waals surface area contributed by atoms with E-state index in [0.717, 1.165) is 12.8 Å². The van der Waals surface area contributed by atoms with E-state index in [-0.39, 0.29) is 0 Å². The SMILES string of the molecule is [CH2]CCc1cc(SCCCCCCCCCCCC)c(SCCCCCCCCCCCC)c(SCCCCCCCCCCCC)c1. The molecule has 1 aromatic rings. The van der Waals surface area contributed by atoms with Crippen LogP contribution in [0.25, 0.3) is 0 Å². The molecule has 0 N–H and O–H groups in total. The molecule has 0 aliphatic carbocycles.